The predicted octanol–water partition coefficient (Wildman–Crippen LogP) is 5.89. The zero-order valence-electron chi connectivity index (χ0n) is 16.7. The molecule has 0 atom stereocenters. The van der Waals surface area contributed by atoms with E-state index < -0.39 is 20.2 Å². The summed E-state index contributed by atoms with van der Waals surface area (Å²) in [6, 6.07) is 9.52. The maximum atomic E-state index is 12.6. The van der Waals surface area contributed by atoms with Crippen LogP contribution in [0.5, 0.6) is 0 Å². The minimum absolute atomic E-state index is 0.0115. The van der Waals surface area contributed by atoms with Crippen molar-refractivity contribution in [3.8, 4) is 11.1 Å². The molecule has 30 heavy (non-hydrogen) atoms. The number of halogens is 2. The molecule has 0 fully saturated rings. The Balaban J connectivity index is 2.43. The minimum Gasteiger partial charge on any atom is -0.266 e. The highest BCUT2D eigenvalue weighted by molar-refractivity contribution is 9.10. The minimum atomic E-state index is -3.95. The largest absolute Gasteiger partial charge is 0.298 e. The molecule has 0 aliphatic heterocycles. The van der Waals surface area contributed by atoms with Crippen molar-refractivity contribution in [1.82, 2.24) is 0 Å². The van der Waals surface area contributed by atoms with Gasteiger partial charge in [0.25, 0.3) is 20.2 Å². The first-order valence-electron chi connectivity index (χ1n) is 9.50. The van der Waals surface area contributed by atoms with Gasteiger partial charge in [-0.2, -0.15) is 16.8 Å². The molecule has 0 spiro atoms. The van der Waals surface area contributed by atoms with Crippen molar-refractivity contribution < 1.29 is 25.2 Å². The van der Waals surface area contributed by atoms with E-state index in [0.29, 0.717) is 32.9 Å². The highest BCUT2D eigenvalue weighted by Gasteiger charge is 2.22. The number of unbranched alkanes of at least 4 members (excludes halogenated alkanes) is 2. The molecule has 166 valence electrons. The third-order valence-corrected chi connectivity index (χ3v) is 8.82. The molecule has 0 radical (unpaired) electrons. The van der Waals surface area contributed by atoms with E-state index in [-0.39, 0.29) is 23.0 Å². The molecule has 0 bridgehead atoms. The van der Waals surface area contributed by atoms with Crippen molar-refractivity contribution in [2.24, 2.45) is 0 Å². The quantitative estimate of drug-likeness (QED) is 0.242. The van der Waals surface area contributed by atoms with Crippen LogP contribution in [0.2, 0.25) is 0 Å². The topological polar surface area (TPSA) is 86.7 Å². The summed E-state index contributed by atoms with van der Waals surface area (Å²) in [4.78, 5) is -0.0229. The Kier molecular flexibility index (Phi) is 9.51. The van der Waals surface area contributed by atoms with Gasteiger partial charge < -0.3 is 0 Å². The van der Waals surface area contributed by atoms with E-state index in [9.17, 15) is 16.8 Å². The van der Waals surface area contributed by atoms with Gasteiger partial charge in [-0.05, 0) is 80.1 Å². The van der Waals surface area contributed by atoms with Gasteiger partial charge in [0.15, 0.2) is 0 Å². The Hall–Kier alpha value is -0.780. The first-order valence-corrected chi connectivity index (χ1v) is 13.9. The Labute approximate surface area is 195 Å². The van der Waals surface area contributed by atoms with Crippen molar-refractivity contribution in [3.05, 3.63) is 45.3 Å². The van der Waals surface area contributed by atoms with E-state index in [1.807, 2.05) is 13.8 Å². The molecule has 10 heteroatoms. The molecule has 0 aliphatic carbocycles. The first kappa shape index (κ1) is 25.5. The van der Waals surface area contributed by atoms with Crippen LogP contribution >= 0.6 is 31.9 Å². The van der Waals surface area contributed by atoms with E-state index in [1.54, 1.807) is 24.3 Å². The van der Waals surface area contributed by atoms with Crippen molar-refractivity contribution in [1.29, 1.82) is 0 Å². The second-order valence-corrected chi connectivity index (χ2v) is 11.4. The third kappa shape index (κ3) is 6.61. The maximum Gasteiger partial charge on any atom is 0.298 e. The molecule has 2 aromatic carbocycles. The summed E-state index contributed by atoms with van der Waals surface area (Å²) in [5, 5.41) is 0. The number of hydrogen-bond acceptors (Lipinski definition) is 6. The molecule has 0 amide bonds. The number of hydrogen-bond donors (Lipinski definition) is 0. The molecule has 0 saturated heterocycles. The van der Waals surface area contributed by atoms with Crippen LogP contribution in [-0.2, 0) is 28.6 Å². The zero-order chi connectivity index (χ0) is 22.4. The lowest BCUT2D eigenvalue weighted by molar-refractivity contribution is 0.310. The van der Waals surface area contributed by atoms with E-state index in [0.717, 1.165) is 12.8 Å². The summed E-state index contributed by atoms with van der Waals surface area (Å²) in [7, 11) is -7.91. The summed E-state index contributed by atoms with van der Waals surface area (Å²) in [5.41, 5.74) is 1.07. The average Bonchev–Trinajstić information content (AvgIpc) is 2.69. The van der Waals surface area contributed by atoms with Gasteiger partial charge in [0.1, 0.15) is 9.79 Å². The van der Waals surface area contributed by atoms with Crippen molar-refractivity contribution >= 4 is 52.1 Å². The Bertz CT molecular complexity index is 995. The van der Waals surface area contributed by atoms with Gasteiger partial charge in [-0.15, -0.1) is 0 Å². The highest BCUT2D eigenvalue weighted by atomic mass is 79.9. The highest BCUT2D eigenvalue weighted by Crippen LogP contribution is 2.33. The normalized spacial score (nSPS) is 12.3. The van der Waals surface area contributed by atoms with Gasteiger partial charge in [-0.3, -0.25) is 8.37 Å². The molecule has 6 nitrogen and oxygen atoms in total. The van der Waals surface area contributed by atoms with Crippen LogP contribution in [0.3, 0.4) is 0 Å². The fraction of sp³-hybridized carbons (Fsp3) is 0.400. The maximum absolute atomic E-state index is 12.6. The van der Waals surface area contributed by atoms with Crippen molar-refractivity contribution in [2.75, 3.05) is 13.2 Å². The zero-order valence-corrected chi connectivity index (χ0v) is 21.5. The summed E-state index contributed by atoms with van der Waals surface area (Å²) in [6.07, 6.45) is 2.88. The lowest BCUT2D eigenvalue weighted by Gasteiger charge is -2.12. The van der Waals surface area contributed by atoms with Gasteiger partial charge in [0.05, 0.1) is 13.2 Å². The van der Waals surface area contributed by atoms with E-state index in [1.165, 1.54) is 12.1 Å². The van der Waals surface area contributed by atoms with Crippen LogP contribution in [-0.4, -0.2) is 30.0 Å². The van der Waals surface area contributed by atoms with E-state index >= 15 is 0 Å². The standard InChI is InChI=1S/C20H24Br2O6S2/c1-3-5-11-27-29(23,24)19-13-15(7-9-17(19)21)16-8-10-18(22)20(14-16)30(25,26)28-12-6-4-2/h7-10,13-14H,3-6,11-12H2,1-2H3. The summed E-state index contributed by atoms with van der Waals surface area (Å²) in [6.45, 7) is 4.09. The molecular weight excluding hydrogens is 560 g/mol. The fourth-order valence-electron chi connectivity index (χ4n) is 2.50. The molecule has 0 heterocycles. The number of rotatable bonds is 11. The van der Waals surface area contributed by atoms with Gasteiger partial charge in [-0.1, -0.05) is 38.8 Å². The fourth-order valence-corrected chi connectivity index (χ4v) is 6.27. The predicted molar refractivity (Wildman–Crippen MR) is 123 cm³/mol. The molecule has 2 aromatic rings. The third-order valence-electron chi connectivity index (χ3n) is 4.21. The van der Waals surface area contributed by atoms with Gasteiger partial charge in [0.2, 0.25) is 0 Å². The molecule has 0 saturated carbocycles. The van der Waals surface area contributed by atoms with Crippen LogP contribution < -0.4 is 0 Å². The Morgan fingerprint density at radius 3 is 1.40 bits per heavy atom. The van der Waals surface area contributed by atoms with Gasteiger partial charge >= 0.3 is 0 Å². The Morgan fingerprint density at radius 2 is 1.07 bits per heavy atom. The van der Waals surface area contributed by atoms with E-state index in [2.05, 4.69) is 31.9 Å². The Morgan fingerprint density at radius 1 is 0.700 bits per heavy atom. The smallest absolute Gasteiger partial charge is 0.266 e. The second kappa shape index (κ2) is 11.2. The first-order chi connectivity index (χ1) is 14.1. The van der Waals surface area contributed by atoms with Crippen LogP contribution in [0.15, 0.2) is 55.1 Å². The van der Waals surface area contributed by atoms with E-state index in [4.69, 9.17) is 8.37 Å². The molecular formula is C20H24Br2O6S2. The summed E-state index contributed by atoms with van der Waals surface area (Å²) >= 11 is 6.52. The molecule has 0 N–H and O–H groups in total. The van der Waals surface area contributed by atoms with Crippen LogP contribution in [0, 0.1) is 0 Å². The monoisotopic (exact) mass is 582 g/mol. The molecule has 0 unspecified atom stereocenters. The lowest BCUT2D eigenvalue weighted by atomic mass is 10.1. The molecule has 0 aromatic heterocycles. The SMILES string of the molecule is CCCCOS(=O)(=O)c1cc(-c2ccc(Br)c(S(=O)(=O)OCCCC)c2)ccc1Br. The average molecular weight is 584 g/mol. The van der Waals surface area contributed by atoms with Crippen molar-refractivity contribution in [3.63, 3.8) is 0 Å². The molecule has 0 aliphatic rings. The summed E-state index contributed by atoms with van der Waals surface area (Å²) in [5.74, 6) is 0. The van der Waals surface area contributed by atoms with Crippen molar-refractivity contribution in [2.45, 2.75) is 49.3 Å². The second-order valence-electron chi connectivity index (χ2n) is 6.55. The summed E-state index contributed by atoms with van der Waals surface area (Å²) < 4.78 is 61.2. The molecule has 2 rings (SSSR count). The lowest BCUT2D eigenvalue weighted by Crippen LogP contribution is -2.09. The van der Waals surface area contributed by atoms with Crippen LogP contribution in [0.1, 0.15) is 39.5 Å². The van der Waals surface area contributed by atoms with Crippen LogP contribution in [0.25, 0.3) is 11.1 Å². The van der Waals surface area contributed by atoms with Gasteiger partial charge in [-0.25, -0.2) is 0 Å². The van der Waals surface area contributed by atoms with Gasteiger partial charge in [0, 0.05) is 8.95 Å². The van der Waals surface area contributed by atoms with Crippen LogP contribution in [0.4, 0.5) is 0 Å². The number of benzene rings is 2.